The average Bonchev–Trinajstić information content (AvgIpc) is 2.50. The number of benzene rings is 1. The van der Waals surface area contributed by atoms with Crippen molar-refractivity contribution in [1.82, 2.24) is 0 Å². The van der Waals surface area contributed by atoms with Crippen molar-refractivity contribution in [2.45, 2.75) is 46.0 Å². The van der Waals surface area contributed by atoms with Gasteiger partial charge in [-0.25, -0.2) is 0 Å². The molecule has 2 rings (SSSR count). The Hall–Kier alpha value is -1.68. The second kappa shape index (κ2) is 6.39. The first kappa shape index (κ1) is 15.7. The van der Waals surface area contributed by atoms with Crippen LogP contribution in [-0.4, -0.2) is 18.2 Å². The molecular formula is C17H24N2O2. The van der Waals surface area contributed by atoms with Gasteiger partial charge in [0.1, 0.15) is 0 Å². The molecule has 3 N–H and O–H groups in total. The molecule has 1 aromatic carbocycles. The van der Waals surface area contributed by atoms with Gasteiger partial charge in [-0.2, -0.15) is 0 Å². The molecule has 1 amide bonds. The standard InChI is InChI=1S/C17H24N2O2/c1-3-17(4-2,11-18)16(21)19-13-9-8-12-6-5-7-15(20)14(12)10-13/h8-10H,3-7,11,18H2,1-2H3,(H,19,21). The molecule has 0 aromatic heterocycles. The Bertz CT molecular complexity index is 539. The lowest BCUT2D eigenvalue weighted by Crippen LogP contribution is -2.41. The topological polar surface area (TPSA) is 72.2 Å². The van der Waals surface area contributed by atoms with Crippen LogP contribution in [-0.2, 0) is 11.2 Å². The number of Topliss-reactive ketones (excluding diaryl/α,β-unsaturated/α-hetero) is 1. The zero-order valence-corrected chi connectivity index (χ0v) is 12.9. The molecule has 4 heteroatoms. The number of nitrogens with one attached hydrogen (secondary N) is 1. The summed E-state index contributed by atoms with van der Waals surface area (Å²) in [5, 5.41) is 2.94. The lowest BCUT2D eigenvalue weighted by atomic mass is 9.81. The maximum atomic E-state index is 12.5. The van der Waals surface area contributed by atoms with Crippen LogP contribution in [0.5, 0.6) is 0 Å². The molecule has 0 atom stereocenters. The van der Waals surface area contributed by atoms with E-state index < -0.39 is 5.41 Å². The van der Waals surface area contributed by atoms with Crippen molar-refractivity contribution in [3.63, 3.8) is 0 Å². The third kappa shape index (κ3) is 3.00. The van der Waals surface area contributed by atoms with E-state index in [1.807, 2.05) is 26.0 Å². The van der Waals surface area contributed by atoms with Crippen LogP contribution in [0.1, 0.15) is 55.5 Å². The Morgan fingerprint density at radius 2 is 2.00 bits per heavy atom. The van der Waals surface area contributed by atoms with Gasteiger partial charge in [-0.15, -0.1) is 0 Å². The SMILES string of the molecule is CCC(CC)(CN)C(=O)Nc1ccc2c(c1)C(=O)CCC2. The molecule has 1 aromatic rings. The highest BCUT2D eigenvalue weighted by molar-refractivity contribution is 6.01. The zero-order chi connectivity index (χ0) is 15.5. The van der Waals surface area contributed by atoms with Gasteiger partial charge in [0.15, 0.2) is 5.78 Å². The van der Waals surface area contributed by atoms with Crippen molar-refractivity contribution in [2.75, 3.05) is 11.9 Å². The molecule has 0 unspecified atom stereocenters. The summed E-state index contributed by atoms with van der Waals surface area (Å²) in [5.41, 5.74) is 7.80. The summed E-state index contributed by atoms with van der Waals surface area (Å²) in [6.45, 7) is 4.29. The van der Waals surface area contributed by atoms with E-state index in [-0.39, 0.29) is 11.7 Å². The van der Waals surface area contributed by atoms with Gasteiger partial charge in [0, 0.05) is 24.2 Å². The predicted molar refractivity (Wildman–Crippen MR) is 84.4 cm³/mol. The van der Waals surface area contributed by atoms with Crippen LogP contribution in [0, 0.1) is 5.41 Å². The van der Waals surface area contributed by atoms with Crippen molar-refractivity contribution < 1.29 is 9.59 Å². The highest BCUT2D eigenvalue weighted by Gasteiger charge is 2.33. The molecule has 1 aliphatic carbocycles. The summed E-state index contributed by atoms with van der Waals surface area (Å²) in [6, 6.07) is 5.63. The van der Waals surface area contributed by atoms with Crippen molar-refractivity contribution in [2.24, 2.45) is 11.1 Å². The summed E-state index contributed by atoms with van der Waals surface area (Å²) < 4.78 is 0. The molecule has 0 saturated heterocycles. The molecule has 4 nitrogen and oxygen atoms in total. The van der Waals surface area contributed by atoms with Gasteiger partial charge in [-0.3, -0.25) is 9.59 Å². The minimum atomic E-state index is -0.528. The predicted octanol–water partition coefficient (Wildman–Crippen LogP) is 2.91. The number of nitrogens with two attached hydrogens (primary N) is 1. The molecule has 0 fully saturated rings. The minimum absolute atomic E-state index is 0.0572. The van der Waals surface area contributed by atoms with Crippen molar-refractivity contribution >= 4 is 17.4 Å². The van der Waals surface area contributed by atoms with E-state index in [1.54, 1.807) is 6.07 Å². The number of fused-ring (bicyclic) bond motifs is 1. The van der Waals surface area contributed by atoms with Crippen LogP contribution in [0.3, 0.4) is 0 Å². The monoisotopic (exact) mass is 288 g/mol. The molecule has 0 spiro atoms. The molecule has 1 aliphatic rings. The average molecular weight is 288 g/mol. The molecule has 114 valence electrons. The summed E-state index contributed by atoms with van der Waals surface area (Å²) in [5.74, 6) is 0.113. The third-order valence-electron chi connectivity index (χ3n) is 4.74. The fraction of sp³-hybridized carbons (Fsp3) is 0.529. The number of anilines is 1. The summed E-state index contributed by atoms with van der Waals surface area (Å²) in [7, 11) is 0. The second-order valence-electron chi connectivity index (χ2n) is 5.79. The molecule has 0 radical (unpaired) electrons. The zero-order valence-electron chi connectivity index (χ0n) is 12.9. The number of hydrogen-bond acceptors (Lipinski definition) is 3. The number of aryl methyl sites for hydroxylation is 1. The van der Waals surface area contributed by atoms with E-state index in [2.05, 4.69) is 5.32 Å². The molecule has 0 aliphatic heterocycles. The second-order valence-corrected chi connectivity index (χ2v) is 5.79. The van der Waals surface area contributed by atoms with Crippen LogP contribution in [0.15, 0.2) is 18.2 Å². The summed E-state index contributed by atoms with van der Waals surface area (Å²) in [4.78, 5) is 24.5. The quantitative estimate of drug-likeness (QED) is 0.875. The fourth-order valence-corrected chi connectivity index (χ4v) is 2.92. The van der Waals surface area contributed by atoms with Crippen LogP contribution in [0.25, 0.3) is 0 Å². The Labute approximate surface area is 126 Å². The van der Waals surface area contributed by atoms with E-state index in [0.717, 1.165) is 24.0 Å². The Morgan fingerprint density at radius 3 is 2.62 bits per heavy atom. The fourth-order valence-electron chi connectivity index (χ4n) is 2.92. The number of rotatable bonds is 5. The third-order valence-corrected chi connectivity index (χ3v) is 4.74. The first-order valence-electron chi connectivity index (χ1n) is 7.74. The summed E-state index contributed by atoms with van der Waals surface area (Å²) >= 11 is 0. The van der Waals surface area contributed by atoms with Crippen molar-refractivity contribution in [3.05, 3.63) is 29.3 Å². The van der Waals surface area contributed by atoms with E-state index in [0.29, 0.717) is 31.5 Å². The maximum absolute atomic E-state index is 12.5. The minimum Gasteiger partial charge on any atom is -0.329 e. The molecule has 0 heterocycles. The lowest BCUT2D eigenvalue weighted by Gasteiger charge is -2.28. The van der Waals surface area contributed by atoms with E-state index in [1.165, 1.54) is 0 Å². The highest BCUT2D eigenvalue weighted by atomic mass is 16.2. The Morgan fingerprint density at radius 1 is 1.29 bits per heavy atom. The van der Waals surface area contributed by atoms with Gasteiger partial charge in [0.2, 0.25) is 5.91 Å². The van der Waals surface area contributed by atoms with Gasteiger partial charge < -0.3 is 11.1 Å². The smallest absolute Gasteiger partial charge is 0.231 e. The molecule has 0 bridgehead atoms. The number of amides is 1. The number of carbonyl (C=O) groups excluding carboxylic acids is 2. The normalized spacial score (nSPS) is 14.7. The first-order valence-corrected chi connectivity index (χ1v) is 7.74. The largest absolute Gasteiger partial charge is 0.329 e. The van der Waals surface area contributed by atoms with Crippen molar-refractivity contribution in [1.29, 1.82) is 0 Å². The van der Waals surface area contributed by atoms with Gasteiger partial charge in [0.05, 0.1) is 5.41 Å². The Kier molecular flexibility index (Phi) is 4.78. The van der Waals surface area contributed by atoms with Crippen molar-refractivity contribution in [3.8, 4) is 0 Å². The van der Waals surface area contributed by atoms with E-state index in [4.69, 9.17) is 5.73 Å². The van der Waals surface area contributed by atoms with Gasteiger partial charge >= 0.3 is 0 Å². The maximum Gasteiger partial charge on any atom is 0.231 e. The van der Waals surface area contributed by atoms with Gasteiger partial charge in [-0.05, 0) is 43.4 Å². The number of ketones is 1. The molecule has 21 heavy (non-hydrogen) atoms. The molecule has 0 saturated carbocycles. The van der Waals surface area contributed by atoms with Gasteiger partial charge in [0.25, 0.3) is 0 Å². The first-order chi connectivity index (χ1) is 10.1. The van der Waals surface area contributed by atoms with Gasteiger partial charge in [-0.1, -0.05) is 19.9 Å². The number of hydrogen-bond donors (Lipinski definition) is 2. The van der Waals surface area contributed by atoms with Crippen LogP contribution < -0.4 is 11.1 Å². The lowest BCUT2D eigenvalue weighted by molar-refractivity contribution is -0.125. The molecular weight excluding hydrogens is 264 g/mol. The van der Waals surface area contributed by atoms with Crippen LogP contribution in [0.2, 0.25) is 0 Å². The van der Waals surface area contributed by atoms with Crippen LogP contribution >= 0.6 is 0 Å². The Balaban J connectivity index is 2.22. The number of carbonyl (C=O) groups is 2. The van der Waals surface area contributed by atoms with Crippen LogP contribution in [0.4, 0.5) is 5.69 Å². The highest BCUT2D eigenvalue weighted by Crippen LogP contribution is 2.29. The van der Waals surface area contributed by atoms with E-state index in [9.17, 15) is 9.59 Å². The summed E-state index contributed by atoms with van der Waals surface area (Å²) in [6.07, 6.45) is 3.86. The van der Waals surface area contributed by atoms with E-state index >= 15 is 0 Å².